The molecule has 0 saturated heterocycles. The minimum absolute atomic E-state index is 0.667. The number of carboxylic acids is 1. The second-order valence-electron chi connectivity index (χ2n) is 5.78. The Bertz CT molecular complexity index is 818. The summed E-state index contributed by atoms with van der Waals surface area (Å²) in [5.41, 5.74) is 5.81. The van der Waals surface area contributed by atoms with E-state index in [-0.39, 0.29) is 0 Å². The van der Waals surface area contributed by atoms with Gasteiger partial charge in [0, 0.05) is 17.7 Å². The van der Waals surface area contributed by atoms with Crippen LogP contribution in [0, 0.1) is 13.8 Å². The molecule has 1 aromatic heterocycles. The smallest absolute Gasteiger partial charge is 0.328 e. The number of hydrogen-bond donors (Lipinski definition) is 1. The van der Waals surface area contributed by atoms with Gasteiger partial charge >= 0.3 is 5.97 Å². The summed E-state index contributed by atoms with van der Waals surface area (Å²) in [6.45, 7) is 7.77. The lowest BCUT2D eigenvalue weighted by molar-refractivity contribution is -0.131. The molecule has 0 amide bonds. The van der Waals surface area contributed by atoms with Crippen LogP contribution in [0.2, 0.25) is 0 Å². The molecule has 0 spiro atoms. The maximum atomic E-state index is 10.6. The summed E-state index contributed by atoms with van der Waals surface area (Å²) in [6, 6.07) is 8.06. The van der Waals surface area contributed by atoms with Gasteiger partial charge in [0.15, 0.2) is 5.76 Å². The minimum atomic E-state index is -0.952. The second kappa shape index (κ2) is 7.59. The molecule has 0 aliphatic heterocycles. The van der Waals surface area contributed by atoms with Crippen LogP contribution in [0.3, 0.4) is 0 Å². The van der Waals surface area contributed by atoms with Crippen LogP contribution in [0.4, 0.5) is 0 Å². The SMILES string of the molecule is CC(/C=C/C=C(\C)c1cc(-c2c(C)cccc2C)no1)=C\C(=O)O. The number of hydrogen-bond acceptors (Lipinski definition) is 3. The molecular formula is C20H21NO3. The zero-order chi connectivity index (χ0) is 17.7. The molecule has 0 aliphatic carbocycles. The van der Waals surface area contributed by atoms with Gasteiger partial charge in [0.2, 0.25) is 0 Å². The third kappa shape index (κ3) is 4.32. The van der Waals surface area contributed by atoms with E-state index in [9.17, 15) is 4.79 Å². The van der Waals surface area contributed by atoms with E-state index in [1.165, 1.54) is 0 Å². The monoisotopic (exact) mass is 323 g/mol. The quantitative estimate of drug-likeness (QED) is 0.624. The Morgan fingerprint density at radius 1 is 1.21 bits per heavy atom. The number of aromatic nitrogens is 1. The van der Waals surface area contributed by atoms with Crippen molar-refractivity contribution in [2.75, 3.05) is 0 Å². The number of allylic oxidation sites excluding steroid dienone is 5. The molecule has 1 aromatic carbocycles. The van der Waals surface area contributed by atoms with Crippen LogP contribution < -0.4 is 0 Å². The fourth-order valence-electron chi connectivity index (χ4n) is 2.47. The van der Waals surface area contributed by atoms with Crippen LogP contribution in [-0.2, 0) is 4.79 Å². The lowest BCUT2D eigenvalue weighted by Crippen LogP contribution is -1.87. The Kier molecular flexibility index (Phi) is 5.53. The highest BCUT2D eigenvalue weighted by Gasteiger charge is 2.11. The summed E-state index contributed by atoms with van der Waals surface area (Å²) in [4.78, 5) is 10.6. The zero-order valence-electron chi connectivity index (χ0n) is 14.3. The normalized spacial score (nSPS) is 12.8. The molecule has 4 nitrogen and oxygen atoms in total. The van der Waals surface area contributed by atoms with Crippen molar-refractivity contribution in [3.63, 3.8) is 0 Å². The number of carboxylic acid groups (broad SMARTS) is 1. The first-order chi connectivity index (χ1) is 11.4. The molecule has 2 aromatic rings. The first-order valence-corrected chi connectivity index (χ1v) is 7.68. The number of aryl methyl sites for hydroxylation is 2. The lowest BCUT2D eigenvalue weighted by atomic mass is 10.00. The highest BCUT2D eigenvalue weighted by atomic mass is 16.5. The van der Waals surface area contributed by atoms with Crippen molar-refractivity contribution in [1.29, 1.82) is 0 Å². The maximum Gasteiger partial charge on any atom is 0.328 e. The average Bonchev–Trinajstić information content (AvgIpc) is 2.95. The zero-order valence-corrected chi connectivity index (χ0v) is 14.3. The van der Waals surface area contributed by atoms with E-state index in [2.05, 4.69) is 31.1 Å². The third-order valence-electron chi connectivity index (χ3n) is 3.69. The molecule has 0 atom stereocenters. The summed E-state index contributed by atoms with van der Waals surface area (Å²) in [5.74, 6) is -0.261. The molecule has 0 bridgehead atoms. The maximum absolute atomic E-state index is 10.6. The summed E-state index contributed by atoms with van der Waals surface area (Å²) in [5, 5.41) is 12.9. The highest BCUT2D eigenvalue weighted by Crippen LogP contribution is 2.28. The van der Waals surface area contributed by atoms with Crippen LogP contribution >= 0.6 is 0 Å². The van der Waals surface area contributed by atoms with Gasteiger partial charge in [0.1, 0.15) is 5.69 Å². The van der Waals surface area contributed by atoms with Crippen molar-refractivity contribution in [2.45, 2.75) is 27.7 Å². The minimum Gasteiger partial charge on any atom is -0.478 e. The number of rotatable bonds is 5. The van der Waals surface area contributed by atoms with Gasteiger partial charge in [-0.05, 0) is 50.0 Å². The summed E-state index contributed by atoms with van der Waals surface area (Å²) in [7, 11) is 0. The van der Waals surface area contributed by atoms with Gasteiger partial charge in [-0.1, -0.05) is 41.6 Å². The highest BCUT2D eigenvalue weighted by molar-refractivity contribution is 5.81. The third-order valence-corrected chi connectivity index (χ3v) is 3.69. The largest absolute Gasteiger partial charge is 0.478 e. The van der Waals surface area contributed by atoms with E-state index < -0.39 is 5.97 Å². The van der Waals surface area contributed by atoms with Crippen LogP contribution in [0.5, 0.6) is 0 Å². The van der Waals surface area contributed by atoms with E-state index in [0.717, 1.165) is 34.0 Å². The molecule has 124 valence electrons. The molecule has 0 fully saturated rings. The average molecular weight is 323 g/mol. The Balaban J connectivity index is 2.23. The summed E-state index contributed by atoms with van der Waals surface area (Å²) < 4.78 is 5.45. The molecule has 1 N–H and O–H groups in total. The van der Waals surface area contributed by atoms with Gasteiger partial charge in [-0.2, -0.15) is 0 Å². The fourth-order valence-corrected chi connectivity index (χ4v) is 2.47. The van der Waals surface area contributed by atoms with E-state index in [1.54, 1.807) is 19.1 Å². The molecule has 0 radical (unpaired) electrons. The molecular weight excluding hydrogens is 302 g/mol. The van der Waals surface area contributed by atoms with Crippen molar-refractivity contribution >= 4 is 11.5 Å². The van der Waals surface area contributed by atoms with Crippen LogP contribution in [-0.4, -0.2) is 16.2 Å². The molecule has 4 heteroatoms. The van der Waals surface area contributed by atoms with Crippen molar-refractivity contribution in [3.8, 4) is 11.3 Å². The van der Waals surface area contributed by atoms with E-state index in [4.69, 9.17) is 9.63 Å². The van der Waals surface area contributed by atoms with Gasteiger partial charge in [-0.3, -0.25) is 0 Å². The van der Waals surface area contributed by atoms with Crippen molar-refractivity contribution in [3.05, 3.63) is 71.0 Å². The lowest BCUT2D eigenvalue weighted by Gasteiger charge is -2.04. The molecule has 0 unspecified atom stereocenters. The molecule has 2 rings (SSSR count). The van der Waals surface area contributed by atoms with Gasteiger partial charge in [0.25, 0.3) is 0 Å². The Morgan fingerprint density at radius 3 is 2.50 bits per heavy atom. The van der Waals surface area contributed by atoms with Gasteiger partial charge in [0.05, 0.1) is 0 Å². The molecule has 0 saturated carbocycles. The summed E-state index contributed by atoms with van der Waals surface area (Å²) in [6.07, 6.45) is 6.56. The van der Waals surface area contributed by atoms with Crippen molar-refractivity contribution in [2.24, 2.45) is 0 Å². The Labute approximate surface area is 141 Å². The predicted octanol–water partition coefficient (Wildman–Crippen LogP) is 4.95. The first kappa shape index (κ1) is 17.5. The molecule has 0 aliphatic rings. The first-order valence-electron chi connectivity index (χ1n) is 7.68. The van der Waals surface area contributed by atoms with Gasteiger partial charge in [-0.15, -0.1) is 0 Å². The predicted molar refractivity (Wildman–Crippen MR) is 95.6 cm³/mol. The number of benzene rings is 1. The van der Waals surface area contributed by atoms with Crippen LogP contribution in [0.15, 0.2) is 58.7 Å². The number of aliphatic carboxylic acids is 1. The van der Waals surface area contributed by atoms with E-state index in [1.807, 2.05) is 25.1 Å². The van der Waals surface area contributed by atoms with Crippen molar-refractivity contribution < 1.29 is 14.4 Å². The topological polar surface area (TPSA) is 63.3 Å². The Hall–Kier alpha value is -2.88. The van der Waals surface area contributed by atoms with Gasteiger partial charge in [-0.25, -0.2) is 4.79 Å². The van der Waals surface area contributed by atoms with Gasteiger partial charge < -0.3 is 9.63 Å². The van der Waals surface area contributed by atoms with Crippen LogP contribution in [0.1, 0.15) is 30.7 Å². The molecule has 1 heterocycles. The summed E-state index contributed by atoms with van der Waals surface area (Å²) >= 11 is 0. The Morgan fingerprint density at radius 2 is 1.88 bits per heavy atom. The standard InChI is InChI=1S/C20H21NO3/c1-13(11-19(22)23)7-5-8-14(2)18-12-17(21-24-18)20-15(3)9-6-10-16(20)4/h5-12H,1-4H3,(H,22,23)/b7-5+,13-11+,14-8+. The van der Waals surface area contributed by atoms with E-state index in [0.29, 0.717) is 11.3 Å². The number of nitrogens with zero attached hydrogens (tertiary/aromatic N) is 1. The molecule has 24 heavy (non-hydrogen) atoms. The van der Waals surface area contributed by atoms with E-state index >= 15 is 0 Å². The van der Waals surface area contributed by atoms with Crippen LogP contribution in [0.25, 0.3) is 16.8 Å². The second-order valence-corrected chi connectivity index (χ2v) is 5.78. The number of carbonyl (C=O) groups is 1. The van der Waals surface area contributed by atoms with Crippen molar-refractivity contribution in [1.82, 2.24) is 5.16 Å². The fraction of sp³-hybridized carbons (Fsp3) is 0.200.